The average Bonchev–Trinajstić information content (AvgIpc) is 1.86. The molecule has 0 amide bonds. The van der Waals surface area contributed by atoms with E-state index in [4.69, 9.17) is 5.11 Å². The van der Waals surface area contributed by atoms with Crippen LogP contribution in [0.1, 0.15) is 5.56 Å². The number of aromatic hydroxyl groups is 1. The van der Waals surface area contributed by atoms with Crippen LogP contribution in [-0.2, 0) is 6.18 Å². The Hall–Kier alpha value is 0.446. The van der Waals surface area contributed by atoms with Crippen molar-refractivity contribution < 1.29 is 18.3 Å². The fraction of sp³-hybridized carbons (Fsp3) is 0.143. The Kier molecular flexibility index (Phi) is 4.79. The van der Waals surface area contributed by atoms with Crippen LogP contribution in [-0.4, -0.2) is 56.5 Å². The molecule has 0 saturated heterocycles. The minimum Gasteiger partial charge on any atom is -0.507 e. The van der Waals surface area contributed by atoms with Crippen LogP contribution in [0.15, 0.2) is 24.3 Å². The van der Waals surface area contributed by atoms with Crippen molar-refractivity contribution in [3.05, 3.63) is 29.8 Å². The van der Waals surface area contributed by atoms with Crippen LogP contribution in [0.25, 0.3) is 0 Å². The second kappa shape index (κ2) is 4.62. The number of rotatable bonds is 0. The van der Waals surface area contributed by atoms with Crippen molar-refractivity contribution in [1.29, 1.82) is 0 Å². The van der Waals surface area contributed by atoms with Gasteiger partial charge in [0.15, 0.2) is 0 Å². The molecule has 0 unspecified atom stereocenters. The topological polar surface area (TPSA) is 20.2 Å². The molecule has 12 heavy (non-hydrogen) atoms. The molecule has 1 aromatic carbocycles. The van der Waals surface area contributed by atoms with Crippen LogP contribution in [0.3, 0.4) is 0 Å². The van der Waals surface area contributed by atoms with Gasteiger partial charge in [-0.05, 0) is 12.1 Å². The summed E-state index contributed by atoms with van der Waals surface area (Å²) in [7, 11) is 0. The maximum atomic E-state index is 11.9. The molecule has 1 aromatic rings. The standard InChI is InChI=1S/C7H5F3O.K/c8-7(9,10)5-3-1-2-4-6(5)11;/h1-4,11H;. The molecule has 0 bridgehead atoms. The summed E-state index contributed by atoms with van der Waals surface area (Å²) < 4.78 is 35.7. The minimum absolute atomic E-state index is 0. The van der Waals surface area contributed by atoms with E-state index in [1.54, 1.807) is 0 Å². The van der Waals surface area contributed by atoms with Gasteiger partial charge in [0.2, 0.25) is 0 Å². The third-order valence-electron chi connectivity index (χ3n) is 1.21. The van der Waals surface area contributed by atoms with Gasteiger partial charge in [0.05, 0.1) is 5.56 Å². The Morgan fingerprint density at radius 1 is 1.08 bits per heavy atom. The Morgan fingerprint density at radius 3 is 1.92 bits per heavy atom. The number of para-hydroxylation sites is 1. The zero-order valence-corrected chi connectivity index (χ0v) is 9.51. The first-order valence-electron chi connectivity index (χ1n) is 2.87. The molecule has 0 aliphatic carbocycles. The molecule has 1 N–H and O–H groups in total. The SMILES string of the molecule is Oc1ccccc1C(F)(F)F.[K]. The number of halogens is 3. The number of phenolic OH excluding ortho intramolecular Hbond substituents is 1. The number of benzene rings is 1. The van der Waals surface area contributed by atoms with E-state index in [1.807, 2.05) is 0 Å². The smallest absolute Gasteiger partial charge is 0.419 e. The maximum absolute atomic E-state index is 11.9. The maximum Gasteiger partial charge on any atom is 0.419 e. The number of hydrogen-bond acceptors (Lipinski definition) is 1. The third kappa shape index (κ3) is 3.06. The van der Waals surface area contributed by atoms with Crippen LogP contribution < -0.4 is 0 Å². The molecular formula is C7H5F3KO. The molecular weight excluding hydrogens is 196 g/mol. The third-order valence-corrected chi connectivity index (χ3v) is 1.21. The Labute approximate surface area is 110 Å². The first kappa shape index (κ1) is 12.4. The van der Waals surface area contributed by atoms with E-state index in [2.05, 4.69) is 0 Å². The van der Waals surface area contributed by atoms with Gasteiger partial charge in [-0.3, -0.25) is 0 Å². The van der Waals surface area contributed by atoms with E-state index in [9.17, 15) is 13.2 Å². The number of hydrogen-bond donors (Lipinski definition) is 1. The monoisotopic (exact) mass is 201 g/mol. The van der Waals surface area contributed by atoms with E-state index in [0.29, 0.717) is 0 Å². The van der Waals surface area contributed by atoms with E-state index in [0.717, 1.165) is 12.1 Å². The molecule has 0 atom stereocenters. The summed E-state index contributed by atoms with van der Waals surface area (Å²) in [4.78, 5) is 0. The van der Waals surface area contributed by atoms with Crippen molar-refractivity contribution in [2.45, 2.75) is 6.18 Å². The molecule has 1 radical (unpaired) electrons. The fourth-order valence-corrected chi connectivity index (χ4v) is 0.713. The van der Waals surface area contributed by atoms with Crippen molar-refractivity contribution >= 4 is 51.4 Å². The van der Waals surface area contributed by atoms with Gasteiger partial charge >= 0.3 is 6.18 Å². The second-order valence-corrected chi connectivity index (χ2v) is 2.01. The molecule has 0 aromatic heterocycles. The Morgan fingerprint density at radius 2 is 1.58 bits per heavy atom. The zero-order valence-electron chi connectivity index (χ0n) is 6.39. The molecule has 0 spiro atoms. The Balaban J connectivity index is 0.00000121. The Bertz CT molecular complexity index is 259. The molecule has 1 rings (SSSR count). The molecule has 5 heteroatoms. The van der Waals surface area contributed by atoms with E-state index < -0.39 is 17.5 Å². The normalized spacial score (nSPS) is 10.6. The first-order chi connectivity index (χ1) is 5.02. The van der Waals surface area contributed by atoms with E-state index in [-0.39, 0.29) is 51.4 Å². The largest absolute Gasteiger partial charge is 0.507 e. The van der Waals surface area contributed by atoms with Crippen molar-refractivity contribution in [3.8, 4) is 5.75 Å². The van der Waals surface area contributed by atoms with Crippen molar-refractivity contribution in [3.63, 3.8) is 0 Å². The van der Waals surface area contributed by atoms with Crippen molar-refractivity contribution in [2.75, 3.05) is 0 Å². The summed E-state index contributed by atoms with van der Waals surface area (Å²) in [5.41, 5.74) is -1.000. The predicted molar refractivity (Wildman–Crippen MR) is 38.9 cm³/mol. The molecule has 0 aliphatic rings. The van der Waals surface area contributed by atoms with E-state index >= 15 is 0 Å². The predicted octanol–water partition coefficient (Wildman–Crippen LogP) is 2.03. The summed E-state index contributed by atoms with van der Waals surface area (Å²) in [6.07, 6.45) is -4.47. The summed E-state index contributed by atoms with van der Waals surface area (Å²) >= 11 is 0. The van der Waals surface area contributed by atoms with Crippen LogP contribution in [0.2, 0.25) is 0 Å². The van der Waals surface area contributed by atoms with Crippen LogP contribution in [0.5, 0.6) is 5.75 Å². The zero-order chi connectivity index (χ0) is 8.48. The summed E-state index contributed by atoms with van der Waals surface area (Å²) in [5.74, 6) is -0.736. The molecule has 61 valence electrons. The molecule has 0 heterocycles. The van der Waals surface area contributed by atoms with Crippen molar-refractivity contribution in [1.82, 2.24) is 0 Å². The minimum atomic E-state index is -4.47. The van der Waals surface area contributed by atoms with Gasteiger partial charge in [-0.15, -0.1) is 0 Å². The second-order valence-electron chi connectivity index (χ2n) is 2.01. The van der Waals surface area contributed by atoms with Gasteiger partial charge in [0.25, 0.3) is 0 Å². The quantitative estimate of drug-likeness (QED) is 0.637. The number of phenols is 1. The summed E-state index contributed by atoms with van der Waals surface area (Å²) in [6.45, 7) is 0. The van der Waals surface area contributed by atoms with Gasteiger partial charge in [-0.25, -0.2) is 0 Å². The van der Waals surface area contributed by atoms with Gasteiger partial charge in [0.1, 0.15) is 5.75 Å². The number of alkyl halides is 3. The van der Waals surface area contributed by atoms with Gasteiger partial charge < -0.3 is 5.11 Å². The molecule has 0 saturated carbocycles. The van der Waals surface area contributed by atoms with Crippen LogP contribution in [0, 0.1) is 0 Å². The van der Waals surface area contributed by atoms with Gasteiger partial charge in [-0.1, -0.05) is 12.1 Å². The van der Waals surface area contributed by atoms with E-state index in [1.165, 1.54) is 12.1 Å². The molecule has 0 fully saturated rings. The van der Waals surface area contributed by atoms with Crippen LogP contribution in [0.4, 0.5) is 13.2 Å². The first-order valence-corrected chi connectivity index (χ1v) is 2.87. The molecule has 0 aliphatic heterocycles. The summed E-state index contributed by atoms with van der Waals surface area (Å²) in [5, 5.41) is 8.73. The molecule has 1 nitrogen and oxygen atoms in total. The average molecular weight is 201 g/mol. The van der Waals surface area contributed by atoms with Crippen molar-refractivity contribution in [2.24, 2.45) is 0 Å². The summed E-state index contributed by atoms with van der Waals surface area (Å²) in [6, 6.07) is 4.39. The van der Waals surface area contributed by atoms with Gasteiger partial charge in [-0.2, -0.15) is 13.2 Å². The fourth-order valence-electron chi connectivity index (χ4n) is 0.713. The van der Waals surface area contributed by atoms with Crippen LogP contribution >= 0.6 is 0 Å². The van der Waals surface area contributed by atoms with Gasteiger partial charge in [0, 0.05) is 51.4 Å².